The summed E-state index contributed by atoms with van der Waals surface area (Å²) in [7, 11) is -10.2. The number of phosphoric acid groups is 2. The zero-order valence-corrected chi connectivity index (χ0v) is 20.9. The Bertz CT molecular complexity index is 1280. The van der Waals surface area contributed by atoms with Crippen LogP contribution in [0.4, 0.5) is 4.79 Å². The second-order valence-electron chi connectivity index (χ2n) is 7.47. The quantitative estimate of drug-likeness (QED) is 0.170. The molecule has 2 aromatic rings. The Morgan fingerprint density at radius 3 is 2.43 bits per heavy atom. The maximum absolute atomic E-state index is 12.3. The third kappa shape index (κ3) is 8.17. The number of rotatable bonds is 11. The largest absolute Gasteiger partial charge is 0.514 e. The predicted molar refractivity (Wildman–Crippen MR) is 122 cm³/mol. The second-order valence-corrected chi connectivity index (χ2v) is 10.5. The van der Waals surface area contributed by atoms with Gasteiger partial charge >= 0.3 is 27.5 Å². The van der Waals surface area contributed by atoms with Crippen molar-refractivity contribution in [1.29, 1.82) is 0 Å². The van der Waals surface area contributed by atoms with Crippen LogP contribution < -0.4 is 16.0 Å². The topological polar surface area (TPSA) is 222 Å². The number of ether oxygens (including phenoxy) is 3. The summed E-state index contributed by atoms with van der Waals surface area (Å²) in [5, 5.41) is 10.7. The van der Waals surface area contributed by atoms with Crippen LogP contribution in [0, 0.1) is 0 Å². The maximum Gasteiger partial charge on any atom is 0.514 e. The highest BCUT2D eigenvalue weighted by atomic mass is 31.3. The highest BCUT2D eigenvalue weighted by Crippen LogP contribution is 2.60. The van der Waals surface area contributed by atoms with E-state index in [9.17, 15) is 38.4 Å². The van der Waals surface area contributed by atoms with Crippen LogP contribution >= 0.6 is 15.6 Å². The number of carbonyl (C=O) groups is 1. The van der Waals surface area contributed by atoms with Gasteiger partial charge in [-0.2, -0.15) is 4.31 Å². The van der Waals surface area contributed by atoms with Gasteiger partial charge in [0.2, 0.25) is 0 Å². The Morgan fingerprint density at radius 1 is 1.11 bits per heavy atom. The van der Waals surface area contributed by atoms with E-state index in [2.05, 4.69) is 13.4 Å². The molecule has 1 fully saturated rings. The Kier molecular flexibility index (Phi) is 9.58. The zero-order valence-electron chi connectivity index (χ0n) is 19.1. The van der Waals surface area contributed by atoms with Gasteiger partial charge in [-0.1, -0.05) is 25.1 Å². The number of benzene rings is 1. The number of nitrogens with zero attached hydrogens (tertiary/aromatic N) is 1. The van der Waals surface area contributed by atoms with E-state index >= 15 is 0 Å². The van der Waals surface area contributed by atoms with Gasteiger partial charge in [0.05, 0.1) is 13.2 Å². The summed E-state index contributed by atoms with van der Waals surface area (Å²) in [6.45, 7) is 0.447. The molecule has 6 unspecified atom stereocenters. The summed E-state index contributed by atoms with van der Waals surface area (Å²) in [5.41, 5.74) is -1.72. The van der Waals surface area contributed by atoms with E-state index in [0.29, 0.717) is 6.42 Å². The van der Waals surface area contributed by atoms with E-state index in [1.165, 1.54) is 12.1 Å². The number of aliphatic hydroxyl groups is 1. The van der Waals surface area contributed by atoms with Gasteiger partial charge in [-0.25, -0.2) is 18.7 Å². The fourth-order valence-corrected chi connectivity index (χ4v) is 5.28. The monoisotopic (exact) mass is 566 g/mol. The highest BCUT2D eigenvalue weighted by molar-refractivity contribution is 7.61. The fourth-order valence-electron chi connectivity index (χ4n) is 3.11. The van der Waals surface area contributed by atoms with E-state index in [1.807, 2.05) is 4.98 Å². The molecule has 0 spiro atoms. The van der Waals surface area contributed by atoms with E-state index in [1.54, 1.807) is 25.1 Å². The molecule has 2 heterocycles. The van der Waals surface area contributed by atoms with E-state index < -0.39 is 64.2 Å². The van der Waals surface area contributed by atoms with E-state index in [4.69, 9.17) is 14.2 Å². The minimum absolute atomic E-state index is 0.107. The summed E-state index contributed by atoms with van der Waals surface area (Å²) >= 11 is 0. The van der Waals surface area contributed by atoms with Crippen molar-refractivity contribution in [3.8, 4) is 5.75 Å². The van der Waals surface area contributed by atoms with Crippen molar-refractivity contribution in [2.45, 2.75) is 37.9 Å². The molecular weight excluding hydrogens is 542 g/mol. The molecule has 0 bridgehead atoms. The first-order chi connectivity index (χ1) is 17.4. The Morgan fingerprint density at radius 2 is 1.78 bits per heavy atom. The molecule has 1 aromatic carbocycles. The molecule has 0 saturated carbocycles. The first kappa shape index (κ1) is 28.9. The SMILES string of the molecule is CCCOP(=O)(O)OP(=O)(O)OCC1OC(n2ccc(=O)[nH]c2=O)C(OC(=O)Oc2ccccc2)C1O. The van der Waals surface area contributed by atoms with E-state index in [-0.39, 0.29) is 12.4 Å². The van der Waals surface area contributed by atoms with Crippen LogP contribution in [0.3, 0.4) is 0 Å². The van der Waals surface area contributed by atoms with E-state index in [0.717, 1.165) is 16.8 Å². The Balaban J connectivity index is 1.76. The highest BCUT2D eigenvalue weighted by Gasteiger charge is 2.49. The van der Waals surface area contributed by atoms with Crippen molar-refractivity contribution >= 4 is 21.8 Å². The molecule has 204 valence electrons. The number of hydrogen-bond donors (Lipinski definition) is 4. The van der Waals surface area contributed by atoms with Gasteiger partial charge < -0.3 is 29.1 Å². The van der Waals surface area contributed by atoms with Crippen LogP contribution in [0.1, 0.15) is 19.6 Å². The van der Waals surface area contributed by atoms with Crippen LogP contribution in [-0.2, 0) is 32.0 Å². The van der Waals surface area contributed by atoms with Gasteiger partial charge in [0.15, 0.2) is 12.3 Å². The summed E-state index contributed by atoms with van der Waals surface area (Å²) in [6.07, 6.45) is -6.45. The number of aromatic nitrogens is 2. The lowest BCUT2D eigenvalue weighted by molar-refractivity contribution is -0.0605. The lowest BCUT2D eigenvalue weighted by Crippen LogP contribution is -2.41. The molecule has 3 rings (SSSR count). The smallest absolute Gasteiger partial charge is 0.423 e. The van der Waals surface area contributed by atoms with Crippen LogP contribution in [0.25, 0.3) is 0 Å². The number of carbonyl (C=O) groups excluding carboxylic acids is 1. The molecule has 6 atom stereocenters. The number of phosphoric ester groups is 2. The molecular formula is C19H24N2O14P2. The lowest BCUT2D eigenvalue weighted by atomic mass is 10.1. The normalized spacial score (nSPS) is 24.6. The molecule has 0 radical (unpaired) electrons. The van der Waals surface area contributed by atoms with Crippen LogP contribution in [0.2, 0.25) is 0 Å². The average molecular weight is 566 g/mol. The molecule has 1 aromatic heterocycles. The van der Waals surface area contributed by atoms with Gasteiger partial charge in [-0.15, -0.1) is 0 Å². The molecule has 16 nitrogen and oxygen atoms in total. The Labute approximate surface area is 208 Å². The first-order valence-electron chi connectivity index (χ1n) is 10.7. The van der Waals surface area contributed by atoms with Crippen molar-refractivity contribution in [1.82, 2.24) is 9.55 Å². The van der Waals surface area contributed by atoms with Crippen LogP contribution in [0.15, 0.2) is 52.2 Å². The van der Waals surface area contributed by atoms with Gasteiger partial charge in [0, 0.05) is 12.3 Å². The number of aromatic amines is 1. The van der Waals surface area contributed by atoms with Crippen molar-refractivity contribution in [2.24, 2.45) is 0 Å². The zero-order chi connectivity index (χ0) is 27.2. The van der Waals surface area contributed by atoms with Crippen molar-refractivity contribution in [2.75, 3.05) is 13.2 Å². The number of H-pyrrole nitrogens is 1. The van der Waals surface area contributed by atoms with Crippen molar-refractivity contribution in [3.05, 3.63) is 63.4 Å². The summed E-state index contributed by atoms with van der Waals surface area (Å²) in [5.74, 6) is 0.107. The van der Waals surface area contributed by atoms with Gasteiger partial charge in [0.1, 0.15) is 18.0 Å². The van der Waals surface area contributed by atoms with Crippen molar-refractivity contribution < 1.29 is 56.4 Å². The van der Waals surface area contributed by atoms with Gasteiger partial charge in [0.25, 0.3) is 5.56 Å². The van der Waals surface area contributed by atoms with Crippen LogP contribution in [-0.4, -0.2) is 62.1 Å². The number of para-hydroxylation sites is 1. The molecule has 4 N–H and O–H groups in total. The molecule has 1 aliphatic heterocycles. The standard InChI is InChI=1S/C19H24N2O14P2/c1-2-10-30-36(26,27)35-37(28,29)31-11-13-15(23)16(34-19(25)32-12-6-4-3-5-7-12)17(33-13)21-9-8-14(22)20-18(21)24/h3-9,13,15-17,23H,2,10-11H2,1H3,(H,26,27)(H,28,29)(H,20,22,24). The minimum atomic E-state index is -5.21. The number of nitrogens with one attached hydrogen (secondary N) is 1. The second kappa shape index (κ2) is 12.3. The lowest BCUT2D eigenvalue weighted by Gasteiger charge is -2.21. The first-order valence-corrected chi connectivity index (χ1v) is 13.6. The average Bonchev–Trinajstić information content (AvgIpc) is 3.11. The molecule has 0 amide bonds. The molecule has 37 heavy (non-hydrogen) atoms. The Hall–Kier alpha value is -2.65. The summed E-state index contributed by atoms with van der Waals surface area (Å²) in [6, 6.07) is 8.70. The van der Waals surface area contributed by atoms with Crippen LogP contribution in [0.5, 0.6) is 5.75 Å². The summed E-state index contributed by atoms with van der Waals surface area (Å²) in [4.78, 5) is 57.3. The molecule has 1 saturated heterocycles. The molecule has 0 aliphatic carbocycles. The predicted octanol–water partition coefficient (Wildman–Crippen LogP) is 1.04. The van der Waals surface area contributed by atoms with Gasteiger partial charge in [-0.3, -0.25) is 23.4 Å². The van der Waals surface area contributed by atoms with Gasteiger partial charge in [-0.05, 0) is 18.6 Å². The third-order valence-electron chi connectivity index (χ3n) is 4.68. The molecule has 18 heteroatoms. The maximum atomic E-state index is 12.3. The minimum Gasteiger partial charge on any atom is -0.423 e. The number of aliphatic hydroxyl groups excluding tert-OH is 1. The summed E-state index contributed by atoms with van der Waals surface area (Å²) < 4.78 is 53.6. The number of hydrogen-bond acceptors (Lipinski definition) is 12. The third-order valence-corrected chi connectivity index (χ3v) is 7.32. The fraction of sp³-hybridized carbons (Fsp3) is 0.421. The van der Waals surface area contributed by atoms with Crippen molar-refractivity contribution in [3.63, 3.8) is 0 Å². The molecule has 1 aliphatic rings.